The van der Waals surface area contributed by atoms with Crippen molar-refractivity contribution in [3.63, 3.8) is 0 Å². The van der Waals surface area contributed by atoms with E-state index < -0.39 is 15.8 Å². The van der Waals surface area contributed by atoms with Gasteiger partial charge in [-0.3, -0.25) is 0 Å². The molecule has 0 N–H and O–H groups in total. The molecule has 0 radical (unpaired) electrons. The SMILES string of the molecule is [Cl][Ni+2][Cl].[Fe].[Fe].c1cc[cH-]c1.c1cc[cH-]c1.c1ccc(P(c2ccccc2)[c-]2[cH-][cH-][cH-][cH-]2)cc1.c1ccc(P(c2ccccc2)c2cc[cH-]c2)cc1. The van der Waals surface area contributed by atoms with Crippen LogP contribution in [0.2, 0.25) is 0 Å². The van der Waals surface area contributed by atoms with Crippen LogP contribution in [0, 0.1) is 0 Å². The molecule has 0 atom stereocenters. The molecule has 7 heteroatoms. The zero-order chi connectivity index (χ0) is 34.2. The summed E-state index contributed by atoms with van der Waals surface area (Å²) in [5.74, 6) is 0. The molecule has 0 spiro atoms. The van der Waals surface area contributed by atoms with Gasteiger partial charge in [-0.2, -0.15) is 59.9 Å². The van der Waals surface area contributed by atoms with Gasteiger partial charge < -0.3 is 29.6 Å². The molecule has 0 saturated carbocycles. The minimum absolute atomic E-state index is 0. The summed E-state index contributed by atoms with van der Waals surface area (Å²) >= 11 is 0.569. The Morgan fingerprint density at radius 3 is 1.06 bits per heavy atom. The largest absolute Gasteiger partial charge is 0.747 e. The predicted molar refractivity (Wildman–Crippen MR) is 217 cm³/mol. The van der Waals surface area contributed by atoms with Crippen molar-refractivity contribution in [3.05, 3.63) is 231 Å². The van der Waals surface area contributed by atoms with Crippen molar-refractivity contribution >= 4 is 68.1 Å². The number of hydrogen-bond acceptors (Lipinski definition) is 0. The molecule has 8 aromatic carbocycles. The first-order valence-corrected chi connectivity index (χ1v) is 21.1. The first-order chi connectivity index (χ1) is 24.3. The molecule has 8 aromatic rings. The molecular weight excluding hydrogens is 832 g/mol. The van der Waals surface area contributed by atoms with E-state index in [2.05, 4.69) is 170 Å². The van der Waals surface area contributed by atoms with Crippen LogP contribution in [0.25, 0.3) is 0 Å². The van der Waals surface area contributed by atoms with E-state index in [9.17, 15) is 0 Å². The Kier molecular flexibility index (Phi) is 24.2. The predicted octanol–water partition coefficient (Wildman–Crippen LogP) is 10.5. The minimum Gasteiger partial charge on any atom is -0.747 e. The fourth-order valence-electron chi connectivity index (χ4n) is 4.87. The van der Waals surface area contributed by atoms with Gasteiger partial charge in [-0.1, -0.05) is 140 Å². The van der Waals surface area contributed by atoms with Gasteiger partial charge in [-0.05, 0) is 10.6 Å². The van der Waals surface area contributed by atoms with E-state index in [-0.39, 0.29) is 34.1 Å². The number of rotatable bonds is 6. The molecule has 0 unspecified atom stereocenters. The maximum atomic E-state index is 4.70. The van der Waals surface area contributed by atoms with Gasteiger partial charge in [-0.25, -0.2) is 38.3 Å². The second-order valence-corrected chi connectivity index (χ2v) is 16.3. The fourth-order valence-corrected chi connectivity index (χ4v) is 9.48. The Bertz CT molecular complexity index is 1580. The van der Waals surface area contributed by atoms with Gasteiger partial charge in [-0.15, -0.1) is 0 Å². The normalized spacial score (nSPS) is 9.57. The number of halogens is 2. The van der Waals surface area contributed by atoms with Crippen LogP contribution < -0.4 is 31.8 Å². The summed E-state index contributed by atoms with van der Waals surface area (Å²) in [5, 5.41) is 8.47. The molecule has 0 nitrogen and oxygen atoms in total. The van der Waals surface area contributed by atoms with E-state index in [4.69, 9.17) is 20.4 Å². The molecule has 51 heavy (non-hydrogen) atoms. The van der Waals surface area contributed by atoms with Crippen molar-refractivity contribution in [3.8, 4) is 0 Å². The van der Waals surface area contributed by atoms with Crippen LogP contribution in [0.5, 0.6) is 0 Å². The summed E-state index contributed by atoms with van der Waals surface area (Å²) in [6.45, 7) is 0. The molecule has 270 valence electrons. The summed E-state index contributed by atoms with van der Waals surface area (Å²) in [5.41, 5.74) is 0. The fraction of sp³-hybridized carbons (Fsp3) is 0. The molecule has 8 rings (SSSR count). The van der Waals surface area contributed by atoms with Crippen molar-refractivity contribution < 1.29 is 46.8 Å². The minimum atomic E-state index is -0.409. The third kappa shape index (κ3) is 16.2. The maximum absolute atomic E-state index is 4.70. The first-order valence-electron chi connectivity index (χ1n) is 15.7. The van der Waals surface area contributed by atoms with Gasteiger partial charge in [0.15, 0.2) is 0 Å². The van der Waals surface area contributed by atoms with Gasteiger partial charge in [0.2, 0.25) is 0 Å². The molecule has 0 aliphatic carbocycles. The molecule has 0 fully saturated rings. The third-order valence-corrected chi connectivity index (χ3v) is 11.9. The molecule has 0 aliphatic heterocycles. The Labute approximate surface area is 342 Å². The Balaban J connectivity index is 0.000000255. The monoisotopic (exact) mass is 868 g/mol. The van der Waals surface area contributed by atoms with Crippen LogP contribution in [-0.4, -0.2) is 0 Å². The van der Waals surface area contributed by atoms with Crippen molar-refractivity contribution in [2.45, 2.75) is 0 Å². The molecule has 0 saturated heterocycles. The topological polar surface area (TPSA) is 0 Å². The van der Waals surface area contributed by atoms with Crippen LogP contribution in [0.4, 0.5) is 0 Å². The smallest absolute Gasteiger partial charge is 0 e. The molecule has 0 amide bonds. The van der Waals surface area contributed by atoms with Crippen LogP contribution in [0.3, 0.4) is 0 Å². The van der Waals surface area contributed by atoms with E-state index in [0.717, 1.165) is 0 Å². The molecule has 0 bridgehead atoms. The number of hydrogen-bond donors (Lipinski definition) is 0. The average molecular weight is 870 g/mol. The van der Waals surface area contributed by atoms with E-state index in [1.807, 2.05) is 60.7 Å². The van der Waals surface area contributed by atoms with E-state index in [1.165, 1.54) is 31.8 Å². The second kappa shape index (κ2) is 27.8. The first kappa shape index (κ1) is 44.4. The van der Waals surface area contributed by atoms with Gasteiger partial charge in [0.25, 0.3) is 0 Å². The zero-order valence-corrected chi connectivity index (χ0v) is 34.1. The van der Waals surface area contributed by atoms with Crippen molar-refractivity contribution in [2.24, 2.45) is 0 Å². The summed E-state index contributed by atoms with van der Waals surface area (Å²) in [7, 11) is 8.58. The Morgan fingerprint density at radius 1 is 0.412 bits per heavy atom. The van der Waals surface area contributed by atoms with E-state index >= 15 is 0 Å². The molecule has 0 heterocycles. The summed E-state index contributed by atoms with van der Waals surface area (Å²) in [4.78, 5) is 0. The Hall–Kier alpha value is -2.75. The zero-order valence-electron chi connectivity index (χ0n) is 27.6. The van der Waals surface area contributed by atoms with E-state index in [0.29, 0.717) is 12.7 Å². The van der Waals surface area contributed by atoms with Gasteiger partial charge in [0.1, 0.15) is 0 Å². The summed E-state index contributed by atoms with van der Waals surface area (Å²) < 4.78 is 0. The molecule has 0 aromatic heterocycles. The van der Waals surface area contributed by atoms with Crippen LogP contribution in [0.1, 0.15) is 0 Å². The summed E-state index contributed by atoms with van der Waals surface area (Å²) in [6.07, 6.45) is 0. The Morgan fingerprint density at radius 2 is 0.765 bits per heavy atom. The van der Waals surface area contributed by atoms with Gasteiger partial charge in [0, 0.05) is 34.1 Å². The number of benzene rings is 4. The van der Waals surface area contributed by atoms with Gasteiger partial charge >= 0.3 is 33.0 Å². The van der Waals surface area contributed by atoms with Gasteiger partial charge in [0.05, 0.1) is 0 Å². The van der Waals surface area contributed by atoms with Crippen molar-refractivity contribution in [2.75, 3.05) is 0 Å². The second-order valence-electron chi connectivity index (χ2n) is 10.3. The standard InChI is InChI=1S/2C17H14P.2C5H5.2ClH.2Fe.Ni/c2*1-3-9-15(10-4-1)18(17-13-7-8-14-17)16-11-5-2-6-12-16;2*1-2-4-5-3-1;;;;;/h2*1-14H;2*1-5H;2*1H;;;/q-5;3*-1;;;;;+4/p-2. The molecular formula is C44H38Cl2Fe2NiP2-6. The van der Waals surface area contributed by atoms with Crippen LogP contribution in [-0.2, 0) is 46.8 Å². The average Bonchev–Trinajstić information content (AvgIpc) is 4.02. The maximum Gasteiger partial charge on any atom is 0 e. The summed E-state index contributed by atoms with van der Waals surface area (Å²) in [6, 6.07) is 80.5. The van der Waals surface area contributed by atoms with Crippen molar-refractivity contribution in [1.82, 2.24) is 0 Å². The quantitative estimate of drug-likeness (QED) is 0.0887. The van der Waals surface area contributed by atoms with Crippen molar-refractivity contribution in [1.29, 1.82) is 0 Å². The van der Waals surface area contributed by atoms with Crippen LogP contribution >= 0.6 is 36.2 Å². The van der Waals surface area contributed by atoms with Crippen LogP contribution in [0.15, 0.2) is 231 Å². The molecule has 0 aliphatic rings. The van der Waals surface area contributed by atoms with E-state index in [1.54, 1.807) is 0 Å². The third-order valence-electron chi connectivity index (χ3n) is 6.98.